The molecule has 0 saturated carbocycles. The van der Waals surface area contributed by atoms with Gasteiger partial charge >= 0.3 is 12.0 Å². The van der Waals surface area contributed by atoms with Gasteiger partial charge in [-0.15, -0.1) is 0 Å². The van der Waals surface area contributed by atoms with E-state index in [0.29, 0.717) is 42.4 Å². The number of ketones is 1. The van der Waals surface area contributed by atoms with E-state index in [1.165, 1.54) is 26.4 Å². The number of benzene rings is 1. The van der Waals surface area contributed by atoms with Gasteiger partial charge in [-0.05, 0) is 49.1 Å². The number of methoxy groups -OCH3 is 3. The van der Waals surface area contributed by atoms with Crippen molar-refractivity contribution in [3.63, 3.8) is 0 Å². The van der Waals surface area contributed by atoms with Gasteiger partial charge in [0.05, 0.1) is 50.5 Å². The molecule has 1 aliphatic rings. The first-order chi connectivity index (χ1) is 25.9. The molecule has 1 aromatic carbocycles. The molecule has 18 nitrogen and oxygen atoms in total. The van der Waals surface area contributed by atoms with Crippen LogP contribution in [0.2, 0.25) is 0 Å². The second kappa shape index (κ2) is 22.2. The van der Waals surface area contributed by atoms with Crippen molar-refractivity contribution in [2.24, 2.45) is 11.1 Å². The van der Waals surface area contributed by atoms with E-state index < -0.39 is 36.9 Å². The highest BCUT2D eigenvalue weighted by Gasteiger charge is 2.31. The summed E-state index contributed by atoms with van der Waals surface area (Å²) in [6, 6.07) is 3.58. The van der Waals surface area contributed by atoms with Crippen LogP contribution in [0.5, 0.6) is 11.8 Å². The van der Waals surface area contributed by atoms with E-state index >= 15 is 0 Å². The van der Waals surface area contributed by atoms with E-state index in [2.05, 4.69) is 43.7 Å². The number of sulfonamides is 2. The van der Waals surface area contributed by atoms with E-state index in [1.54, 1.807) is 4.72 Å². The number of esters is 1. The highest BCUT2D eigenvalue weighted by atomic mass is 32.2. The second-order valence-corrected chi connectivity index (χ2v) is 17.2. The number of nitrogens with zero attached hydrogens (tertiary/aromatic N) is 3. The summed E-state index contributed by atoms with van der Waals surface area (Å²) in [5.74, 6) is 0.295. The summed E-state index contributed by atoms with van der Waals surface area (Å²) >= 11 is 1.90. The van der Waals surface area contributed by atoms with Crippen LogP contribution in [0, 0.1) is 5.92 Å². The van der Waals surface area contributed by atoms with E-state index in [-0.39, 0.29) is 52.8 Å². The predicted molar refractivity (Wildman–Crippen MR) is 208 cm³/mol. The number of allylic oxidation sites excluding steroid dienone is 2. The number of ether oxygens (including phenoxy) is 3. The quantitative estimate of drug-likeness (QED) is 0.0927. The Bertz CT molecular complexity index is 1920. The molecule has 0 saturated heterocycles. The maximum Gasteiger partial charge on any atom is 0.339 e. The van der Waals surface area contributed by atoms with Crippen molar-refractivity contribution in [2.45, 2.75) is 76.5 Å². The summed E-state index contributed by atoms with van der Waals surface area (Å²) in [7, 11) is -4.53. The number of carbonyl (C=O) groups is 3. The molecule has 0 spiro atoms. The first-order valence-corrected chi connectivity index (χ1v) is 21.6. The van der Waals surface area contributed by atoms with Gasteiger partial charge in [0, 0.05) is 24.6 Å². The molecule has 55 heavy (non-hydrogen) atoms. The standard InChI is InChI=1S/C17H21N5O9S2.C17H29NO3S/c1-29-13-8-14(30-2)20-16(19-13)21-17(24)22-33(27,28)12-7-10(9-18-32(4,25)26)5-6-11(12)15(23)31-3;1-5-8-14(18-21-6-2)17-15(19)10-13(11-16(17)20)9-12(4)22-7-3/h5-8,18H,9H2,1-4H3,(H2,19,20,21,22,24);12-13,19H,5-11H2,1-4H3. The van der Waals surface area contributed by atoms with E-state index in [0.717, 1.165) is 44.1 Å². The number of amides is 2. The zero-order valence-corrected chi connectivity index (χ0v) is 34.6. The number of hydrogen-bond donors (Lipinski definition) is 4. The van der Waals surface area contributed by atoms with Crippen molar-refractivity contribution in [1.29, 1.82) is 0 Å². The topological polar surface area (TPSA) is 251 Å². The number of thioether (sulfide) groups is 1. The molecule has 1 aromatic heterocycles. The number of hydrogen-bond acceptors (Lipinski definition) is 16. The lowest BCUT2D eigenvalue weighted by Crippen LogP contribution is -2.35. The first-order valence-electron chi connectivity index (χ1n) is 17.1. The fourth-order valence-corrected chi connectivity index (χ4v) is 7.81. The van der Waals surface area contributed by atoms with Gasteiger partial charge in [0.15, 0.2) is 5.78 Å². The third kappa shape index (κ3) is 15.3. The van der Waals surface area contributed by atoms with Crippen molar-refractivity contribution in [3.05, 3.63) is 46.7 Å². The summed E-state index contributed by atoms with van der Waals surface area (Å²) in [6.07, 6.45) is 4.48. The highest BCUT2D eigenvalue weighted by molar-refractivity contribution is 7.99. The van der Waals surface area contributed by atoms with Crippen LogP contribution in [-0.2, 0) is 41.0 Å². The largest absolute Gasteiger partial charge is 0.511 e. The molecule has 2 unspecified atom stereocenters. The summed E-state index contributed by atoms with van der Waals surface area (Å²) in [4.78, 5) is 49.0. The minimum atomic E-state index is -4.63. The van der Waals surface area contributed by atoms with Crippen LogP contribution in [0.15, 0.2) is 45.6 Å². The van der Waals surface area contributed by atoms with Crippen LogP contribution in [-0.4, -0.2) is 101 Å². The molecule has 0 bridgehead atoms. The Morgan fingerprint density at radius 1 is 1.04 bits per heavy atom. The van der Waals surface area contributed by atoms with Gasteiger partial charge in [0.1, 0.15) is 17.3 Å². The summed E-state index contributed by atoms with van der Waals surface area (Å²) in [5.41, 5.74) is 0.832. The lowest BCUT2D eigenvalue weighted by molar-refractivity contribution is -0.116. The van der Waals surface area contributed by atoms with Gasteiger partial charge < -0.3 is 24.2 Å². The molecule has 306 valence electrons. The monoisotopic (exact) mass is 830 g/mol. The van der Waals surface area contributed by atoms with E-state index in [1.807, 2.05) is 25.6 Å². The lowest BCUT2D eigenvalue weighted by Gasteiger charge is -2.25. The molecule has 2 atom stereocenters. The maximum atomic E-state index is 12.9. The van der Waals surface area contributed by atoms with Crippen LogP contribution < -0.4 is 24.2 Å². The molecular weight excluding hydrogens is 781 g/mol. The number of oxime groups is 1. The molecule has 0 radical (unpaired) electrons. The van der Waals surface area contributed by atoms with E-state index in [4.69, 9.17) is 14.3 Å². The van der Waals surface area contributed by atoms with Crippen molar-refractivity contribution in [1.82, 2.24) is 19.4 Å². The highest BCUT2D eigenvalue weighted by Crippen LogP contribution is 2.33. The normalized spacial score (nSPS) is 15.3. The molecule has 2 aromatic rings. The minimum Gasteiger partial charge on any atom is -0.511 e. The number of Topliss-reactive ketones (excluding diaryl/α,β-unsaturated/α-hetero) is 1. The summed E-state index contributed by atoms with van der Waals surface area (Å²) < 4.78 is 66.8. The molecule has 3 rings (SSSR count). The van der Waals surface area contributed by atoms with Crippen LogP contribution in [0.3, 0.4) is 0 Å². The van der Waals surface area contributed by atoms with Gasteiger partial charge in [-0.25, -0.2) is 35.9 Å². The molecule has 0 fully saturated rings. The molecule has 0 aliphatic heterocycles. The van der Waals surface area contributed by atoms with Crippen molar-refractivity contribution in [3.8, 4) is 11.8 Å². The molecule has 4 N–H and O–H groups in total. The molecule has 1 aliphatic carbocycles. The van der Waals surface area contributed by atoms with Gasteiger partial charge in [0.2, 0.25) is 27.7 Å². The Hall–Kier alpha value is -4.47. The number of carbonyl (C=O) groups excluding carboxylic acids is 3. The zero-order chi connectivity index (χ0) is 41.3. The van der Waals surface area contributed by atoms with Gasteiger partial charge in [-0.1, -0.05) is 38.4 Å². The van der Waals surface area contributed by atoms with Crippen LogP contribution in [0.25, 0.3) is 0 Å². The Morgan fingerprint density at radius 2 is 1.69 bits per heavy atom. The van der Waals surface area contributed by atoms with Crippen LogP contribution in [0.4, 0.5) is 10.7 Å². The fraction of sp³-hybridized carbons (Fsp3) is 0.529. The van der Waals surface area contributed by atoms with E-state index in [9.17, 15) is 36.3 Å². The zero-order valence-electron chi connectivity index (χ0n) is 32.1. The Labute approximate surface area is 326 Å². The fourth-order valence-electron chi connectivity index (χ4n) is 5.25. The Kier molecular flexibility index (Phi) is 18.8. The van der Waals surface area contributed by atoms with Gasteiger partial charge in [0.25, 0.3) is 10.0 Å². The van der Waals surface area contributed by atoms with Gasteiger partial charge in [-0.3, -0.25) is 10.1 Å². The summed E-state index contributed by atoms with van der Waals surface area (Å²) in [6.45, 7) is 8.42. The Balaban J connectivity index is 0.000000413. The predicted octanol–water partition coefficient (Wildman–Crippen LogP) is 4.34. The van der Waals surface area contributed by atoms with Crippen LogP contribution >= 0.6 is 11.8 Å². The third-order valence-electron chi connectivity index (χ3n) is 7.55. The average molecular weight is 831 g/mol. The number of aliphatic hydroxyl groups excluding tert-OH is 1. The Morgan fingerprint density at radius 3 is 2.22 bits per heavy atom. The first kappa shape index (κ1) is 46.7. The number of anilines is 1. The average Bonchev–Trinajstić information content (AvgIpc) is 3.11. The maximum absolute atomic E-state index is 12.9. The van der Waals surface area contributed by atoms with Gasteiger partial charge in [-0.2, -0.15) is 21.7 Å². The molecular formula is C34H50N6O12S3. The van der Waals surface area contributed by atoms with Crippen molar-refractivity contribution in [2.75, 3.05) is 45.3 Å². The SMILES string of the molecule is CCCC(=NOCC)C1=C(O)CC(CC(C)SCC)CC1=O.COC(=O)c1ccc(CNS(C)(=O)=O)cc1S(=O)(=O)NC(=O)Nc1nc(OC)cc(OC)n1. The summed E-state index contributed by atoms with van der Waals surface area (Å²) in [5, 5.41) is 17.0. The number of nitrogens with one attached hydrogen (secondary N) is 3. The number of aromatic nitrogens is 2. The number of rotatable bonds is 18. The van der Waals surface area contributed by atoms with Crippen molar-refractivity contribution >= 4 is 61.3 Å². The van der Waals surface area contributed by atoms with Crippen molar-refractivity contribution < 1.29 is 55.4 Å². The number of urea groups is 1. The second-order valence-electron chi connectivity index (χ2n) is 12.0. The lowest BCUT2D eigenvalue weighted by atomic mass is 9.82. The number of aliphatic hydroxyl groups is 1. The third-order valence-corrected chi connectivity index (χ3v) is 10.7. The molecule has 21 heteroatoms. The molecule has 2 amide bonds. The minimum absolute atomic E-state index is 0.00866. The molecule has 1 heterocycles. The smallest absolute Gasteiger partial charge is 0.339 e. The van der Waals surface area contributed by atoms with Crippen LogP contribution in [0.1, 0.15) is 75.7 Å².